The van der Waals surface area contributed by atoms with Crippen LogP contribution in [0.5, 0.6) is 0 Å². The number of fused-ring (bicyclic) bond motifs is 1. The van der Waals surface area contributed by atoms with Crippen molar-refractivity contribution in [3.05, 3.63) is 29.8 Å². The number of urea groups is 1. The SMILES string of the molecule is Cc1ccc(N2C(=O)N[C@@H]3CC[NH2+][C@@H]3C2=O)cc1. The van der Waals surface area contributed by atoms with E-state index in [0.717, 1.165) is 18.5 Å². The summed E-state index contributed by atoms with van der Waals surface area (Å²) in [6, 6.07) is 6.95. The van der Waals surface area contributed by atoms with Gasteiger partial charge in [0.25, 0.3) is 5.91 Å². The molecular formula is C13H16N3O2+. The molecule has 0 aromatic heterocycles. The van der Waals surface area contributed by atoms with Crippen LogP contribution in [0.1, 0.15) is 12.0 Å². The lowest BCUT2D eigenvalue weighted by Gasteiger charge is -2.31. The number of nitrogens with one attached hydrogen (secondary N) is 1. The van der Waals surface area contributed by atoms with Gasteiger partial charge in [-0.25, -0.2) is 9.69 Å². The first kappa shape index (κ1) is 11.2. The van der Waals surface area contributed by atoms with E-state index in [4.69, 9.17) is 0 Å². The fraction of sp³-hybridized carbons (Fsp3) is 0.385. The standard InChI is InChI=1S/C13H15N3O2/c1-8-2-4-9(5-3-8)16-12(17)11-10(6-7-14-11)15-13(16)18/h2-5,10-11,14H,6-7H2,1H3,(H,15,18)/p+1/t10-,11+/m1/s1. The molecule has 1 aromatic rings. The molecule has 2 heterocycles. The molecule has 2 aliphatic heterocycles. The molecule has 3 rings (SSSR count). The number of quaternary nitrogens is 1. The van der Waals surface area contributed by atoms with Gasteiger partial charge < -0.3 is 10.6 Å². The van der Waals surface area contributed by atoms with Crippen molar-refractivity contribution in [1.82, 2.24) is 5.32 Å². The van der Waals surface area contributed by atoms with Crippen molar-refractivity contribution >= 4 is 17.6 Å². The molecular weight excluding hydrogens is 230 g/mol. The average molecular weight is 246 g/mol. The lowest BCUT2D eigenvalue weighted by molar-refractivity contribution is -0.658. The Morgan fingerprint density at radius 2 is 2.00 bits per heavy atom. The van der Waals surface area contributed by atoms with Gasteiger partial charge in [-0.15, -0.1) is 0 Å². The number of carbonyl (C=O) groups is 2. The van der Waals surface area contributed by atoms with E-state index in [-0.39, 0.29) is 24.0 Å². The van der Waals surface area contributed by atoms with E-state index >= 15 is 0 Å². The predicted octanol–water partition coefficient (Wildman–Crippen LogP) is -0.244. The third kappa shape index (κ3) is 1.67. The number of hydrogen-bond acceptors (Lipinski definition) is 2. The summed E-state index contributed by atoms with van der Waals surface area (Å²) in [6.45, 7) is 2.87. The van der Waals surface area contributed by atoms with Gasteiger partial charge in [-0.05, 0) is 19.1 Å². The summed E-state index contributed by atoms with van der Waals surface area (Å²) in [5.74, 6) is -0.106. The summed E-state index contributed by atoms with van der Waals surface area (Å²) < 4.78 is 0. The highest BCUT2D eigenvalue weighted by Gasteiger charge is 2.47. The molecule has 1 aromatic carbocycles. The molecule has 2 atom stereocenters. The van der Waals surface area contributed by atoms with Crippen molar-refractivity contribution < 1.29 is 14.9 Å². The molecule has 0 aliphatic carbocycles. The monoisotopic (exact) mass is 246 g/mol. The number of carbonyl (C=O) groups excluding carboxylic acids is 2. The quantitative estimate of drug-likeness (QED) is 0.718. The molecule has 94 valence electrons. The molecule has 5 heteroatoms. The third-order valence-corrected chi connectivity index (χ3v) is 3.64. The first-order valence-electron chi connectivity index (χ1n) is 6.21. The van der Waals surface area contributed by atoms with Crippen LogP contribution in [-0.2, 0) is 4.79 Å². The van der Waals surface area contributed by atoms with Gasteiger partial charge in [0.2, 0.25) is 0 Å². The van der Waals surface area contributed by atoms with Gasteiger partial charge >= 0.3 is 6.03 Å². The second kappa shape index (κ2) is 4.10. The molecule has 2 fully saturated rings. The van der Waals surface area contributed by atoms with Gasteiger partial charge in [-0.1, -0.05) is 17.7 Å². The maximum Gasteiger partial charge on any atom is 0.329 e. The number of nitrogens with two attached hydrogens (primary N) is 1. The number of benzene rings is 1. The average Bonchev–Trinajstić information content (AvgIpc) is 2.80. The van der Waals surface area contributed by atoms with E-state index in [0.29, 0.717) is 5.69 Å². The molecule has 0 bridgehead atoms. The smallest absolute Gasteiger partial charge is 0.329 e. The summed E-state index contributed by atoms with van der Waals surface area (Å²) >= 11 is 0. The number of rotatable bonds is 1. The maximum atomic E-state index is 12.3. The van der Waals surface area contributed by atoms with E-state index in [1.807, 2.05) is 36.5 Å². The summed E-state index contributed by atoms with van der Waals surface area (Å²) in [6.07, 6.45) is 0.865. The largest absolute Gasteiger partial charge is 0.334 e. The van der Waals surface area contributed by atoms with E-state index < -0.39 is 0 Å². The number of hydrogen-bond donors (Lipinski definition) is 2. The van der Waals surface area contributed by atoms with Crippen molar-refractivity contribution in [3.8, 4) is 0 Å². The molecule has 0 unspecified atom stereocenters. The summed E-state index contributed by atoms with van der Waals surface area (Å²) in [5, 5.41) is 4.91. The van der Waals surface area contributed by atoms with Crippen molar-refractivity contribution in [2.45, 2.75) is 25.4 Å². The Hall–Kier alpha value is -1.88. The Morgan fingerprint density at radius 1 is 1.28 bits per heavy atom. The van der Waals surface area contributed by atoms with Crippen LogP contribution in [0.25, 0.3) is 0 Å². The van der Waals surface area contributed by atoms with Gasteiger partial charge in [-0.3, -0.25) is 4.79 Å². The number of nitrogens with zero attached hydrogens (tertiary/aromatic N) is 1. The molecule has 0 saturated carbocycles. The maximum absolute atomic E-state index is 12.3. The Labute approximate surface area is 105 Å². The zero-order chi connectivity index (χ0) is 12.7. The number of imide groups is 1. The summed E-state index contributed by atoms with van der Waals surface area (Å²) in [7, 11) is 0. The highest BCUT2D eigenvalue weighted by molar-refractivity contribution is 6.17. The molecule has 18 heavy (non-hydrogen) atoms. The minimum absolute atomic E-state index is 0.00769. The van der Waals surface area contributed by atoms with Crippen molar-refractivity contribution in [1.29, 1.82) is 0 Å². The van der Waals surface area contributed by atoms with Gasteiger partial charge in [0.05, 0.1) is 18.3 Å². The lowest BCUT2D eigenvalue weighted by atomic mass is 10.1. The zero-order valence-corrected chi connectivity index (χ0v) is 10.2. The minimum Gasteiger partial charge on any atom is -0.334 e. The fourth-order valence-electron chi connectivity index (χ4n) is 2.64. The fourth-order valence-corrected chi connectivity index (χ4v) is 2.64. The van der Waals surface area contributed by atoms with Crippen molar-refractivity contribution in [2.75, 3.05) is 11.4 Å². The van der Waals surface area contributed by atoms with Crippen LogP contribution < -0.4 is 15.5 Å². The van der Waals surface area contributed by atoms with Crippen LogP contribution in [0, 0.1) is 6.92 Å². The highest BCUT2D eigenvalue weighted by Crippen LogP contribution is 2.20. The Kier molecular flexibility index (Phi) is 2.56. The van der Waals surface area contributed by atoms with Crippen LogP contribution in [-0.4, -0.2) is 30.6 Å². The van der Waals surface area contributed by atoms with Crippen LogP contribution in [0.4, 0.5) is 10.5 Å². The molecule has 3 N–H and O–H groups in total. The van der Waals surface area contributed by atoms with Crippen LogP contribution in [0.2, 0.25) is 0 Å². The summed E-state index contributed by atoms with van der Waals surface area (Å²) in [5.41, 5.74) is 1.75. The third-order valence-electron chi connectivity index (χ3n) is 3.64. The van der Waals surface area contributed by atoms with E-state index in [1.54, 1.807) is 0 Å². The second-order valence-corrected chi connectivity index (χ2v) is 4.90. The summed E-state index contributed by atoms with van der Waals surface area (Å²) in [4.78, 5) is 25.6. The minimum atomic E-state index is -0.305. The molecule has 2 saturated heterocycles. The molecule has 2 aliphatic rings. The van der Waals surface area contributed by atoms with Gasteiger partial charge in [0, 0.05) is 6.42 Å². The number of aryl methyl sites for hydroxylation is 1. The first-order chi connectivity index (χ1) is 8.66. The van der Waals surface area contributed by atoms with Gasteiger partial charge in [0.1, 0.15) is 0 Å². The topological polar surface area (TPSA) is 66.0 Å². The van der Waals surface area contributed by atoms with Crippen LogP contribution in [0.15, 0.2) is 24.3 Å². The van der Waals surface area contributed by atoms with Crippen molar-refractivity contribution in [2.24, 2.45) is 0 Å². The zero-order valence-electron chi connectivity index (χ0n) is 10.2. The van der Waals surface area contributed by atoms with Crippen LogP contribution in [0.3, 0.4) is 0 Å². The molecule has 0 spiro atoms. The van der Waals surface area contributed by atoms with E-state index in [1.165, 1.54) is 4.90 Å². The molecule has 3 amide bonds. The van der Waals surface area contributed by atoms with Gasteiger partial charge in [-0.2, -0.15) is 0 Å². The number of amides is 3. The van der Waals surface area contributed by atoms with E-state index in [9.17, 15) is 9.59 Å². The highest BCUT2D eigenvalue weighted by atomic mass is 16.2. The van der Waals surface area contributed by atoms with Crippen LogP contribution >= 0.6 is 0 Å². The van der Waals surface area contributed by atoms with Gasteiger partial charge in [0.15, 0.2) is 6.04 Å². The van der Waals surface area contributed by atoms with E-state index in [2.05, 4.69) is 5.32 Å². The Bertz CT molecular complexity index is 497. The Balaban J connectivity index is 1.93. The molecule has 5 nitrogen and oxygen atoms in total. The lowest BCUT2D eigenvalue weighted by Crippen LogP contribution is -2.93. The number of anilines is 1. The Morgan fingerprint density at radius 3 is 2.72 bits per heavy atom. The predicted molar refractivity (Wildman–Crippen MR) is 66.2 cm³/mol. The first-order valence-corrected chi connectivity index (χ1v) is 6.21. The normalized spacial score (nSPS) is 27.1. The second-order valence-electron chi connectivity index (χ2n) is 4.90. The van der Waals surface area contributed by atoms with Crippen molar-refractivity contribution in [3.63, 3.8) is 0 Å². The molecule has 0 radical (unpaired) electrons.